The third-order valence-corrected chi connectivity index (χ3v) is 5.10. The Kier molecular flexibility index (Phi) is 2.78. The monoisotopic (exact) mass is 308 g/mol. The lowest BCUT2D eigenvalue weighted by Crippen LogP contribution is -1.93. The highest BCUT2D eigenvalue weighted by molar-refractivity contribution is 8.15. The minimum absolute atomic E-state index is 0.0226. The molecule has 0 radical (unpaired) electrons. The number of methoxy groups -OCH3 is 1. The number of thioether (sulfide) groups is 1. The summed E-state index contributed by atoms with van der Waals surface area (Å²) in [5.41, 5.74) is 1.37. The highest BCUT2D eigenvalue weighted by Crippen LogP contribution is 2.47. The summed E-state index contributed by atoms with van der Waals surface area (Å²) in [6, 6.07) is 11.3. The lowest BCUT2D eigenvalue weighted by Gasteiger charge is -2.10. The number of carbonyl (C=O) groups excluding carboxylic acids is 2. The largest absolute Gasteiger partial charge is 0.496 e. The van der Waals surface area contributed by atoms with E-state index in [4.69, 9.17) is 4.74 Å². The van der Waals surface area contributed by atoms with E-state index in [1.165, 1.54) is 11.8 Å². The molecule has 0 saturated carbocycles. The molecule has 3 nitrogen and oxygen atoms in total. The summed E-state index contributed by atoms with van der Waals surface area (Å²) in [4.78, 5) is 24.8. The van der Waals surface area contributed by atoms with Crippen LogP contribution in [0.25, 0.3) is 21.5 Å². The van der Waals surface area contributed by atoms with Gasteiger partial charge in [-0.1, -0.05) is 12.1 Å². The highest BCUT2D eigenvalue weighted by Gasteiger charge is 2.26. The lowest BCUT2D eigenvalue weighted by molar-refractivity contribution is 0.101. The minimum atomic E-state index is 0.0226. The van der Waals surface area contributed by atoms with Gasteiger partial charge in [-0.25, -0.2) is 0 Å². The van der Waals surface area contributed by atoms with E-state index in [1.54, 1.807) is 14.0 Å². The van der Waals surface area contributed by atoms with E-state index >= 15 is 0 Å². The van der Waals surface area contributed by atoms with Crippen LogP contribution in [0, 0.1) is 0 Å². The standard InChI is InChI=1S/C18H12O3S/c1-9(19)10-3-4-11-8-14-15(21-2)6-5-12-16(14)17(13(11)7-10)22-18(12)20/h3-8H,1-2H3. The number of fused-ring (bicyclic) bond motifs is 2. The van der Waals surface area contributed by atoms with Crippen molar-refractivity contribution in [1.82, 2.24) is 0 Å². The Hall–Kier alpha value is -2.33. The Labute approximate surface area is 131 Å². The first-order valence-corrected chi connectivity index (χ1v) is 7.72. The average molecular weight is 308 g/mol. The van der Waals surface area contributed by atoms with E-state index in [0.29, 0.717) is 11.1 Å². The number of carbonyl (C=O) groups is 2. The molecule has 1 aliphatic rings. The third kappa shape index (κ3) is 1.70. The molecule has 1 heterocycles. The molecule has 0 aliphatic carbocycles. The topological polar surface area (TPSA) is 43.4 Å². The molecule has 1 aliphatic heterocycles. The molecular weight excluding hydrogens is 296 g/mol. The number of ketones is 1. The second-order valence-electron chi connectivity index (χ2n) is 5.33. The van der Waals surface area contributed by atoms with Gasteiger partial charge in [-0.2, -0.15) is 0 Å². The van der Waals surface area contributed by atoms with Crippen molar-refractivity contribution in [1.29, 1.82) is 0 Å². The van der Waals surface area contributed by atoms with Crippen molar-refractivity contribution in [2.75, 3.05) is 7.11 Å². The smallest absolute Gasteiger partial charge is 0.224 e. The van der Waals surface area contributed by atoms with Crippen LogP contribution in [0.1, 0.15) is 27.6 Å². The minimum Gasteiger partial charge on any atom is -0.496 e. The molecule has 4 rings (SSSR count). The Morgan fingerprint density at radius 1 is 1.09 bits per heavy atom. The number of hydrogen-bond donors (Lipinski definition) is 0. The Morgan fingerprint density at radius 2 is 1.91 bits per heavy atom. The second-order valence-corrected chi connectivity index (χ2v) is 6.31. The van der Waals surface area contributed by atoms with E-state index in [0.717, 1.165) is 32.2 Å². The molecule has 0 spiro atoms. The van der Waals surface area contributed by atoms with Crippen molar-refractivity contribution in [2.24, 2.45) is 0 Å². The summed E-state index contributed by atoms with van der Waals surface area (Å²) in [6.45, 7) is 1.55. The Morgan fingerprint density at radius 3 is 2.64 bits per heavy atom. The van der Waals surface area contributed by atoms with Crippen LogP contribution in [0.15, 0.2) is 41.3 Å². The van der Waals surface area contributed by atoms with Crippen molar-refractivity contribution < 1.29 is 14.3 Å². The molecule has 0 fully saturated rings. The van der Waals surface area contributed by atoms with Gasteiger partial charge in [-0.3, -0.25) is 9.59 Å². The third-order valence-electron chi connectivity index (χ3n) is 4.07. The first kappa shape index (κ1) is 13.3. The first-order valence-electron chi connectivity index (χ1n) is 6.90. The van der Waals surface area contributed by atoms with Gasteiger partial charge in [0.05, 0.1) is 7.11 Å². The first-order chi connectivity index (χ1) is 10.6. The van der Waals surface area contributed by atoms with Crippen molar-refractivity contribution in [3.63, 3.8) is 0 Å². The van der Waals surface area contributed by atoms with Gasteiger partial charge in [-0.05, 0) is 53.7 Å². The predicted octanol–water partition coefficient (Wildman–Crippen LogP) is 4.45. The average Bonchev–Trinajstić information content (AvgIpc) is 2.86. The SMILES string of the molecule is COc1ccc2c3c(c4cc(C(C)=O)ccc4cc13)SC2=O. The van der Waals surface area contributed by atoms with Crippen LogP contribution < -0.4 is 4.74 Å². The molecule has 4 heteroatoms. The summed E-state index contributed by atoms with van der Waals surface area (Å²) in [5.74, 6) is 0.780. The van der Waals surface area contributed by atoms with Gasteiger partial charge in [0.25, 0.3) is 0 Å². The van der Waals surface area contributed by atoms with Crippen molar-refractivity contribution >= 4 is 44.2 Å². The molecule has 3 aromatic carbocycles. The zero-order valence-electron chi connectivity index (χ0n) is 12.1. The maximum absolute atomic E-state index is 12.3. The molecule has 108 valence electrons. The van der Waals surface area contributed by atoms with E-state index in [9.17, 15) is 9.59 Å². The number of Topliss-reactive ketones (excluding diaryl/α,β-unsaturated/α-hetero) is 1. The number of ether oxygens (including phenoxy) is 1. The zero-order chi connectivity index (χ0) is 15.4. The zero-order valence-corrected chi connectivity index (χ0v) is 12.9. The van der Waals surface area contributed by atoms with Crippen LogP contribution in [0.5, 0.6) is 5.75 Å². The molecular formula is C18H12O3S. The molecule has 22 heavy (non-hydrogen) atoms. The summed E-state index contributed by atoms with van der Waals surface area (Å²) in [5, 5.41) is 3.87. The molecule has 0 aromatic heterocycles. The lowest BCUT2D eigenvalue weighted by atomic mass is 9.97. The van der Waals surface area contributed by atoms with Gasteiger partial charge in [0.1, 0.15) is 5.75 Å². The van der Waals surface area contributed by atoms with Gasteiger partial charge >= 0.3 is 0 Å². The van der Waals surface area contributed by atoms with Crippen LogP contribution in [0.3, 0.4) is 0 Å². The molecule has 3 aromatic rings. The Bertz CT molecular complexity index is 989. The summed E-state index contributed by atoms with van der Waals surface area (Å²) >= 11 is 1.23. The molecule has 0 N–H and O–H groups in total. The van der Waals surface area contributed by atoms with Gasteiger partial charge in [-0.15, -0.1) is 0 Å². The fraction of sp³-hybridized carbons (Fsp3) is 0.111. The molecule has 0 bridgehead atoms. The van der Waals surface area contributed by atoms with Gasteiger partial charge < -0.3 is 4.74 Å². The van der Waals surface area contributed by atoms with E-state index in [2.05, 4.69) is 0 Å². The fourth-order valence-corrected chi connectivity index (χ4v) is 4.05. The quantitative estimate of drug-likeness (QED) is 0.518. The van der Waals surface area contributed by atoms with Crippen LogP contribution in [0.4, 0.5) is 0 Å². The van der Waals surface area contributed by atoms with Crippen LogP contribution in [0.2, 0.25) is 0 Å². The number of hydrogen-bond acceptors (Lipinski definition) is 4. The van der Waals surface area contributed by atoms with Crippen molar-refractivity contribution in [3.05, 3.63) is 47.5 Å². The maximum atomic E-state index is 12.3. The van der Waals surface area contributed by atoms with Gasteiger partial charge in [0, 0.05) is 26.8 Å². The maximum Gasteiger partial charge on any atom is 0.224 e. The van der Waals surface area contributed by atoms with Crippen molar-refractivity contribution in [3.8, 4) is 5.75 Å². The van der Waals surface area contributed by atoms with Crippen LogP contribution in [-0.2, 0) is 0 Å². The fourth-order valence-electron chi connectivity index (χ4n) is 2.98. The highest BCUT2D eigenvalue weighted by atomic mass is 32.2. The van der Waals surface area contributed by atoms with Crippen LogP contribution >= 0.6 is 11.8 Å². The summed E-state index contributed by atoms with van der Waals surface area (Å²) in [7, 11) is 1.63. The predicted molar refractivity (Wildman–Crippen MR) is 88.2 cm³/mol. The summed E-state index contributed by atoms with van der Waals surface area (Å²) < 4.78 is 5.44. The number of benzene rings is 3. The molecule has 0 atom stereocenters. The van der Waals surface area contributed by atoms with Gasteiger partial charge in [0.15, 0.2) is 5.78 Å². The Balaban J connectivity index is 2.20. The van der Waals surface area contributed by atoms with E-state index < -0.39 is 0 Å². The summed E-state index contributed by atoms with van der Waals surface area (Å²) in [6.07, 6.45) is 0. The normalized spacial score (nSPS) is 13.1. The van der Waals surface area contributed by atoms with Gasteiger partial charge in [0.2, 0.25) is 5.12 Å². The van der Waals surface area contributed by atoms with E-state index in [1.807, 2.05) is 36.4 Å². The molecule has 0 saturated heterocycles. The molecule has 0 amide bonds. The second kappa shape index (κ2) is 4.58. The van der Waals surface area contributed by atoms with Crippen molar-refractivity contribution in [2.45, 2.75) is 11.8 Å². The van der Waals surface area contributed by atoms with Crippen LogP contribution in [-0.4, -0.2) is 18.0 Å². The molecule has 0 unspecified atom stereocenters. The number of rotatable bonds is 2. The van der Waals surface area contributed by atoms with E-state index in [-0.39, 0.29) is 10.9 Å².